The van der Waals surface area contributed by atoms with Crippen molar-refractivity contribution in [1.29, 1.82) is 0 Å². The van der Waals surface area contributed by atoms with E-state index in [-0.39, 0.29) is 0 Å². The van der Waals surface area contributed by atoms with Gasteiger partial charge in [0.1, 0.15) is 16.1 Å². The SMILES string of the molecule is CC#Cc1ccc2sc3cc(Cl)c(C(C)=N[S@+]([O-])C(C)(C)C)cc3c2c1. The van der Waals surface area contributed by atoms with Gasteiger partial charge in [-0.05, 0) is 65.0 Å². The van der Waals surface area contributed by atoms with Crippen LogP contribution < -0.4 is 0 Å². The van der Waals surface area contributed by atoms with E-state index in [0.29, 0.717) is 10.7 Å². The minimum absolute atomic E-state index is 0.402. The summed E-state index contributed by atoms with van der Waals surface area (Å²) in [5.41, 5.74) is 2.51. The fourth-order valence-electron chi connectivity index (χ4n) is 2.61. The normalized spacial score (nSPS) is 13.7. The van der Waals surface area contributed by atoms with Crippen LogP contribution in [0.3, 0.4) is 0 Å². The van der Waals surface area contributed by atoms with Gasteiger partial charge in [-0.3, -0.25) is 0 Å². The van der Waals surface area contributed by atoms with E-state index in [1.807, 2.05) is 46.8 Å². The minimum Gasteiger partial charge on any atom is -0.591 e. The Balaban J connectivity index is 2.19. The number of benzene rings is 2. The molecule has 1 atom stereocenters. The molecular weight excluding hydrogens is 382 g/mol. The Morgan fingerprint density at radius 1 is 1.15 bits per heavy atom. The predicted molar refractivity (Wildman–Crippen MR) is 117 cm³/mol. The Labute approximate surface area is 166 Å². The largest absolute Gasteiger partial charge is 0.591 e. The Morgan fingerprint density at radius 3 is 2.50 bits per heavy atom. The van der Waals surface area contributed by atoms with Gasteiger partial charge in [0.05, 0.1) is 10.7 Å². The van der Waals surface area contributed by atoms with Crippen LogP contribution in [0.4, 0.5) is 0 Å². The maximum Gasteiger partial charge on any atom is 0.144 e. The molecule has 0 aliphatic carbocycles. The zero-order chi connectivity index (χ0) is 19.1. The molecule has 0 amide bonds. The van der Waals surface area contributed by atoms with Gasteiger partial charge in [-0.1, -0.05) is 21.9 Å². The summed E-state index contributed by atoms with van der Waals surface area (Å²) in [5.74, 6) is 6.05. The summed E-state index contributed by atoms with van der Waals surface area (Å²) in [6, 6.07) is 10.3. The van der Waals surface area contributed by atoms with E-state index in [1.54, 1.807) is 11.3 Å². The van der Waals surface area contributed by atoms with Crippen molar-refractivity contribution < 1.29 is 4.55 Å². The molecule has 2 aromatic carbocycles. The lowest BCUT2D eigenvalue weighted by molar-refractivity contribution is 0.561. The molecule has 0 saturated carbocycles. The molecule has 3 rings (SSSR count). The van der Waals surface area contributed by atoms with Crippen molar-refractivity contribution in [2.45, 2.75) is 39.4 Å². The van der Waals surface area contributed by atoms with Crippen LogP contribution in [0.1, 0.15) is 45.7 Å². The number of hydrogen-bond donors (Lipinski definition) is 0. The van der Waals surface area contributed by atoms with Crippen molar-refractivity contribution >= 4 is 60.2 Å². The number of fused-ring (bicyclic) bond motifs is 3. The van der Waals surface area contributed by atoms with Crippen LogP contribution in [-0.4, -0.2) is 15.0 Å². The molecule has 0 saturated heterocycles. The number of thiophene rings is 1. The second kappa shape index (κ2) is 7.25. The molecular formula is C21H20ClNOS2. The molecule has 1 aromatic heterocycles. The first-order valence-electron chi connectivity index (χ1n) is 8.27. The number of hydrogen-bond acceptors (Lipinski definition) is 3. The number of halogens is 1. The van der Waals surface area contributed by atoms with Gasteiger partial charge < -0.3 is 4.55 Å². The first-order valence-corrected chi connectivity index (χ1v) is 10.6. The van der Waals surface area contributed by atoms with Crippen molar-refractivity contribution in [3.63, 3.8) is 0 Å². The second-order valence-corrected chi connectivity index (χ2v) is 10.5. The molecule has 0 spiro atoms. The third-order valence-corrected chi connectivity index (χ3v) is 6.90. The summed E-state index contributed by atoms with van der Waals surface area (Å²) in [7, 11) is 0. The fourth-order valence-corrected chi connectivity index (χ4v) is 4.70. The zero-order valence-corrected chi connectivity index (χ0v) is 17.8. The molecule has 0 bridgehead atoms. The molecule has 134 valence electrons. The van der Waals surface area contributed by atoms with E-state index in [2.05, 4.69) is 34.4 Å². The van der Waals surface area contributed by atoms with Gasteiger partial charge in [0.25, 0.3) is 0 Å². The minimum atomic E-state index is -1.32. The summed E-state index contributed by atoms with van der Waals surface area (Å²) in [6.45, 7) is 9.43. The fraction of sp³-hybridized carbons (Fsp3) is 0.286. The Morgan fingerprint density at radius 2 is 1.85 bits per heavy atom. The van der Waals surface area contributed by atoms with Gasteiger partial charge >= 0.3 is 0 Å². The molecule has 0 radical (unpaired) electrons. The average molecular weight is 402 g/mol. The molecule has 0 aliphatic rings. The second-order valence-electron chi connectivity index (χ2n) is 7.05. The third kappa shape index (κ3) is 3.77. The van der Waals surface area contributed by atoms with Gasteiger partial charge in [0.15, 0.2) is 0 Å². The first kappa shape index (κ1) is 19.3. The molecule has 3 aromatic rings. The van der Waals surface area contributed by atoms with Gasteiger partial charge in [0, 0.05) is 31.3 Å². The van der Waals surface area contributed by atoms with Crippen molar-refractivity contribution in [3.05, 3.63) is 46.5 Å². The van der Waals surface area contributed by atoms with E-state index >= 15 is 0 Å². The zero-order valence-electron chi connectivity index (χ0n) is 15.4. The van der Waals surface area contributed by atoms with Gasteiger partial charge in [-0.25, -0.2) is 0 Å². The molecule has 5 heteroatoms. The van der Waals surface area contributed by atoms with E-state index in [1.165, 1.54) is 4.70 Å². The Kier molecular flexibility index (Phi) is 5.37. The highest BCUT2D eigenvalue weighted by atomic mass is 35.5. The van der Waals surface area contributed by atoms with E-state index < -0.39 is 16.1 Å². The van der Waals surface area contributed by atoms with Gasteiger partial charge in [-0.15, -0.1) is 17.3 Å². The van der Waals surface area contributed by atoms with E-state index in [9.17, 15) is 4.55 Å². The lowest BCUT2D eigenvalue weighted by Gasteiger charge is -2.19. The van der Waals surface area contributed by atoms with Crippen LogP contribution in [0.25, 0.3) is 20.2 Å². The van der Waals surface area contributed by atoms with Crippen molar-refractivity contribution in [2.24, 2.45) is 4.40 Å². The Bertz CT molecular complexity index is 1080. The lowest BCUT2D eigenvalue weighted by Crippen LogP contribution is -2.26. The topological polar surface area (TPSA) is 35.4 Å². The summed E-state index contributed by atoms with van der Waals surface area (Å²) in [6.07, 6.45) is 0. The molecule has 1 heterocycles. The van der Waals surface area contributed by atoms with Gasteiger partial charge in [-0.2, -0.15) is 0 Å². The van der Waals surface area contributed by atoms with E-state index in [4.69, 9.17) is 11.6 Å². The highest BCUT2D eigenvalue weighted by molar-refractivity contribution is 7.91. The average Bonchev–Trinajstić information content (AvgIpc) is 2.90. The quantitative estimate of drug-likeness (QED) is 0.280. The smallest absolute Gasteiger partial charge is 0.144 e. The number of rotatable bonds is 2. The maximum atomic E-state index is 12.4. The maximum absolute atomic E-state index is 12.4. The van der Waals surface area contributed by atoms with Crippen LogP contribution in [0.5, 0.6) is 0 Å². The molecule has 0 N–H and O–H groups in total. The molecule has 26 heavy (non-hydrogen) atoms. The summed E-state index contributed by atoms with van der Waals surface area (Å²) < 4.78 is 18.7. The summed E-state index contributed by atoms with van der Waals surface area (Å²) in [4.78, 5) is 0. The van der Waals surface area contributed by atoms with E-state index in [0.717, 1.165) is 26.6 Å². The molecule has 0 unspecified atom stereocenters. The highest BCUT2D eigenvalue weighted by Gasteiger charge is 2.27. The number of nitrogens with zero attached hydrogens (tertiary/aromatic N) is 1. The van der Waals surface area contributed by atoms with Crippen molar-refractivity contribution in [3.8, 4) is 11.8 Å². The Hall–Kier alpha value is -1.51. The predicted octanol–water partition coefficient (Wildman–Crippen LogP) is 6.35. The van der Waals surface area contributed by atoms with Crippen LogP contribution in [0, 0.1) is 11.8 Å². The van der Waals surface area contributed by atoms with Crippen molar-refractivity contribution in [2.75, 3.05) is 0 Å². The van der Waals surface area contributed by atoms with Crippen molar-refractivity contribution in [1.82, 2.24) is 0 Å². The van der Waals surface area contributed by atoms with Crippen LogP contribution in [0.15, 0.2) is 34.7 Å². The monoisotopic (exact) mass is 401 g/mol. The molecule has 2 nitrogen and oxygen atoms in total. The molecule has 0 fully saturated rings. The first-order chi connectivity index (χ1) is 12.2. The van der Waals surface area contributed by atoms with Crippen LogP contribution in [0.2, 0.25) is 5.02 Å². The third-order valence-electron chi connectivity index (χ3n) is 3.96. The van der Waals surface area contributed by atoms with Gasteiger partial charge in [0.2, 0.25) is 0 Å². The summed E-state index contributed by atoms with van der Waals surface area (Å²) in [5, 5.41) is 2.91. The summed E-state index contributed by atoms with van der Waals surface area (Å²) >= 11 is 6.90. The molecule has 0 aliphatic heterocycles. The highest BCUT2D eigenvalue weighted by Crippen LogP contribution is 2.37. The standard InChI is InChI=1S/C21H20ClNOS2/c1-6-7-14-8-9-19-16(10-14)17-11-15(18(22)12-20(17)25-19)13(2)23-26(24)21(3,4)5/h8-12H,1-5H3/t26-/m1/s1. The van der Waals surface area contributed by atoms with Crippen LogP contribution in [-0.2, 0) is 11.4 Å². The van der Waals surface area contributed by atoms with Crippen LogP contribution >= 0.6 is 22.9 Å². The lowest BCUT2D eigenvalue weighted by atomic mass is 10.1.